The van der Waals surface area contributed by atoms with Crippen molar-refractivity contribution in [2.75, 3.05) is 56.4 Å². The summed E-state index contributed by atoms with van der Waals surface area (Å²) in [6, 6.07) is 12.8. The number of carbonyl (C=O) groups excluding carboxylic acids is 1. The quantitative estimate of drug-likeness (QED) is 0.460. The largest absolute Gasteiger partial charge is 0.355 e. The molecule has 8 bridgehead atoms. The third kappa shape index (κ3) is 5.93. The van der Waals surface area contributed by atoms with E-state index in [1.165, 1.54) is 5.56 Å². The van der Waals surface area contributed by atoms with Crippen LogP contribution < -0.4 is 16.0 Å². The topological polar surface area (TPSA) is 98.3 Å². The van der Waals surface area contributed by atoms with E-state index in [-0.39, 0.29) is 11.9 Å². The predicted octanol–water partition coefficient (Wildman–Crippen LogP) is 2.89. The first-order chi connectivity index (χ1) is 17.1. The van der Waals surface area contributed by atoms with Gasteiger partial charge in [-0.1, -0.05) is 12.1 Å². The number of aromatic nitrogens is 3. The zero-order valence-corrected chi connectivity index (χ0v) is 20.1. The van der Waals surface area contributed by atoms with Crippen LogP contribution in [0.5, 0.6) is 0 Å². The number of nitrogens with one attached hydrogen (secondary N) is 3. The van der Waals surface area contributed by atoms with Crippen molar-refractivity contribution in [2.45, 2.75) is 19.4 Å². The molecule has 1 saturated heterocycles. The molecule has 2 aromatic heterocycles. The van der Waals surface area contributed by atoms with Crippen molar-refractivity contribution >= 4 is 23.4 Å². The number of anilines is 3. The molecule has 5 aliphatic rings. The fraction of sp³-hybridized carbons (Fsp3) is 0.385. The highest BCUT2D eigenvalue weighted by Gasteiger charge is 2.23. The molecule has 1 fully saturated rings. The molecule has 3 N–H and O–H groups in total. The molecule has 5 aliphatic heterocycles. The number of hydrogen-bond donors (Lipinski definition) is 3. The summed E-state index contributed by atoms with van der Waals surface area (Å²) in [5, 5.41) is 9.71. The molecule has 8 rings (SSSR count). The zero-order chi connectivity index (χ0) is 24.0. The van der Waals surface area contributed by atoms with Crippen LogP contribution in [0.25, 0.3) is 11.1 Å². The Kier molecular flexibility index (Phi) is 7.15. The van der Waals surface area contributed by atoms with Gasteiger partial charge in [0.15, 0.2) is 0 Å². The SMILES string of the molecule is CC1c2cccc(c2)Nc2cc(ccn2)-c2cnc(nc2)NCCCNC(=O)CN2CCN1CC2. The van der Waals surface area contributed by atoms with Gasteiger partial charge in [-0.3, -0.25) is 14.6 Å². The molecule has 9 heteroatoms. The normalized spacial score (nSPS) is 23.1. The highest BCUT2D eigenvalue weighted by molar-refractivity contribution is 5.78. The van der Waals surface area contributed by atoms with Crippen molar-refractivity contribution in [2.24, 2.45) is 0 Å². The molecular formula is C26H32N8O. The van der Waals surface area contributed by atoms with Gasteiger partial charge in [-0.05, 0) is 48.7 Å². The predicted molar refractivity (Wildman–Crippen MR) is 138 cm³/mol. The van der Waals surface area contributed by atoms with Gasteiger partial charge in [0.2, 0.25) is 11.9 Å². The highest BCUT2D eigenvalue weighted by Crippen LogP contribution is 2.27. The second kappa shape index (κ2) is 10.8. The Bertz CT molecular complexity index is 1140. The fourth-order valence-electron chi connectivity index (χ4n) is 4.57. The van der Waals surface area contributed by atoms with Crippen LogP contribution in [0.15, 0.2) is 55.0 Å². The van der Waals surface area contributed by atoms with Gasteiger partial charge in [0, 0.05) is 75.2 Å². The number of benzene rings is 1. The van der Waals surface area contributed by atoms with Crippen LogP contribution in [0.2, 0.25) is 0 Å². The Labute approximate surface area is 206 Å². The molecule has 1 amide bonds. The third-order valence-electron chi connectivity index (χ3n) is 6.67. The maximum Gasteiger partial charge on any atom is 0.234 e. The summed E-state index contributed by atoms with van der Waals surface area (Å²) < 4.78 is 0. The van der Waals surface area contributed by atoms with Crippen molar-refractivity contribution in [3.8, 4) is 11.1 Å². The van der Waals surface area contributed by atoms with E-state index in [1.807, 2.05) is 24.5 Å². The lowest BCUT2D eigenvalue weighted by Crippen LogP contribution is -2.50. The van der Waals surface area contributed by atoms with Crippen LogP contribution in [-0.2, 0) is 4.79 Å². The minimum atomic E-state index is 0.0830. The summed E-state index contributed by atoms with van der Waals surface area (Å²) >= 11 is 0. The fourth-order valence-corrected chi connectivity index (χ4v) is 4.57. The minimum absolute atomic E-state index is 0.0830. The van der Waals surface area contributed by atoms with Crippen molar-refractivity contribution in [1.29, 1.82) is 0 Å². The van der Waals surface area contributed by atoms with Crippen molar-refractivity contribution in [3.05, 3.63) is 60.6 Å². The summed E-state index contributed by atoms with van der Waals surface area (Å²) in [6.07, 6.45) is 6.23. The molecule has 1 atom stereocenters. The second-order valence-corrected chi connectivity index (χ2v) is 9.09. The maximum atomic E-state index is 12.4. The Balaban J connectivity index is 1.38. The molecule has 35 heavy (non-hydrogen) atoms. The van der Waals surface area contributed by atoms with Gasteiger partial charge in [0.25, 0.3) is 0 Å². The number of piperazine rings is 1. The van der Waals surface area contributed by atoms with E-state index in [1.54, 1.807) is 6.20 Å². The van der Waals surface area contributed by atoms with Gasteiger partial charge < -0.3 is 16.0 Å². The first-order valence-electron chi connectivity index (χ1n) is 12.3. The van der Waals surface area contributed by atoms with Gasteiger partial charge in [0.05, 0.1) is 6.54 Å². The van der Waals surface area contributed by atoms with Gasteiger partial charge in [-0.15, -0.1) is 0 Å². The highest BCUT2D eigenvalue weighted by atomic mass is 16.2. The van der Waals surface area contributed by atoms with Crippen molar-refractivity contribution in [1.82, 2.24) is 30.1 Å². The molecule has 1 aromatic carbocycles. The molecule has 7 heterocycles. The smallest absolute Gasteiger partial charge is 0.234 e. The summed E-state index contributed by atoms with van der Waals surface area (Å²) in [4.78, 5) is 30.5. The molecule has 9 nitrogen and oxygen atoms in total. The van der Waals surface area contributed by atoms with Gasteiger partial charge in [-0.25, -0.2) is 15.0 Å². The van der Waals surface area contributed by atoms with E-state index in [2.05, 4.69) is 71.9 Å². The Hall–Kier alpha value is -3.56. The number of hydrogen-bond acceptors (Lipinski definition) is 8. The Morgan fingerprint density at radius 2 is 1.71 bits per heavy atom. The number of carbonyl (C=O) groups is 1. The second-order valence-electron chi connectivity index (χ2n) is 9.09. The molecule has 0 saturated carbocycles. The summed E-state index contributed by atoms with van der Waals surface area (Å²) in [5.74, 6) is 1.44. The molecule has 0 aliphatic carbocycles. The van der Waals surface area contributed by atoms with E-state index in [0.29, 0.717) is 25.6 Å². The molecule has 182 valence electrons. The van der Waals surface area contributed by atoms with Crippen LogP contribution in [-0.4, -0.2) is 76.5 Å². The number of amides is 1. The van der Waals surface area contributed by atoms with Gasteiger partial charge in [-0.2, -0.15) is 0 Å². The summed E-state index contributed by atoms with van der Waals surface area (Å²) in [6.45, 7) is 7.68. The maximum absolute atomic E-state index is 12.4. The molecular weight excluding hydrogens is 440 g/mol. The first-order valence-corrected chi connectivity index (χ1v) is 12.3. The van der Waals surface area contributed by atoms with Crippen molar-refractivity contribution < 1.29 is 4.79 Å². The van der Waals surface area contributed by atoms with Crippen LogP contribution in [0, 0.1) is 0 Å². The van der Waals surface area contributed by atoms with E-state index in [9.17, 15) is 4.79 Å². The molecule has 0 spiro atoms. The summed E-state index contributed by atoms with van der Waals surface area (Å²) in [5.41, 5.74) is 4.18. The average Bonchev–Trinajstić information content (AvgIpc) is 2.89. The van der Waals surface area contributed by atoms with Crippen LogP contribution in [0.3, 0.4) is 0 Å². The molecule has 3 aromatic rings. The minimum Gasteiger partial charge on any atom is -0.355 e. The Morgan fingerprint density at radius 1 is 0.914 bits per heavy atom. The van der Waals surface area contributed by atoms with E-state index >= 15 is 0 Å². The van der Waals surface area contributed by atoms with E-state index < -0.39 is 0 Å². The van der Waals surface area contributed by atoms with Crippen LogP contribution >= 0.6 is 0 Å². The van der Waals surface area contributed by atoms with Gasteiger partial charge in [0.1, 0.15) is 5.82 Å². The van der Waals surface area contributed by atoms with Crippen molar-refractivity contribution in [3.63, 3.8) is 0 Å². The zero-order valence-electron chi connectivity index (χ0n) is 20.1. The third-order valence-corrected chi connectivity index (χ3v) is 6.67. The standard InChI is InChI=1S/C26H32N8O/c1-19-20-4-2-5-23(14-20)32-24-15-21(6-9-27-24)22-16-30-26(31-17-22)29-8-3-7-28-25(35)18-33-10-12-34(19)13-11-33/h2,4-6,9,14-17,19H,3,7-8,10-13,18H2,1H3,(H,27,32)(H,28,35)(H,29,30,31). The number of pyridine rings is 1. The number of nitrogens with zero attached hydrogens (tertiary/aromatic N) is 5. The van der Waals surface area contributed by atoms with E-state index in [0.717, 1.165) is 55.2 Å². The summed E-state index contributed by atoms with van der Waals surface area (Å²) in [7, 11) is 0. The molecule has 0 radical (unpaired) electrons. The number of rotatable bonds is 0. The van der Waals surface area contributed by atoms with Crippen LogP contribution in [0.4, 0.5) is 17.5 Å². The Morgan fingerprint density at radius 3 is 2.54 bits per heavy atom. The average molecular weight is 473 g/mol. The molecule has 1 unspecified atom stereocenters. The lowest BCUT2D eigenvalue weighted by atomic mass is 10.0. The first kappa shape index (κ1) is 23.2. The monoisotopic (exact) mass is 472 g/mol. The van der Waals surface area contributed by atoms with Crippen LogP contribution in [0.1, 0.15) is 24.9 Å². The lowest BCUT2D eigenvalue weighted by Gasteiger charge is -2.38. The van der Waals surface area contributed by atoms with Gasteiger partial charge >= 0.3 is 0 Å². The lowest BCUT2D eigenvalue weighted by molar-refractivity contribution is -0.122. The van der Waals surface area contributed by atoms with E-state index in [4.69, 9.17) is 0 Å².